The van der Waals surface area contributed by atoms with Crippen molar-refractivity contribution in [3.05, 3.63) is 0 Å². The fourth-order valence-corrected chi connectivity index (χ4v) is 1.19. The molecular weight excluding hydrogens is 256 g/mol. The van der Waals surface area contributed by atoms with Crippen LogP contribution in [0.5, 0.6) is 0 Å². The predicted octanol–water partition coefficient (Wildman–Crippen LogP) is -1.74. The predicted molar refractivity (Wildman–Crippen MR) is 66.7 cm³/mol. The second kappa shape index (κ2) is 6.99. The van der Waals surface area contributed by atoms with E-state index in [1.54, 1.807) is 13.8 Å². The lowest BCUT2D eigenvalue weighted by Gasteiger charge is -2.23. The van der Waals surface area contributed by atoms with E-state index in [0.29, 0.717) is 0 Å². The van der Waals surface area contributed by atoms with Gasteiger partial charge in [-0.3, -0.25) is 9.74 Å². The summed E-state index contributed by atoms with van der Waals surface area (Å²) in [5, 5.41) is 28.3. The lowest BCUT2D eigenvalue weighted by molar-refractivity contribution is 0.0177. The zero-order valence-corrected chi connectivity index (χ0v) is 10.8. The molecule has 5 N–H and O–H groups in total. The minimum absolute atomic E-state index is 0.0226. The van der Waals surface area contributed by atoms with Gasteiger partial charge in [0.15, 0.2) is 0 Å². The number of aliphatic hydroxyl groups is 3. The highest BCUT2D eigenvalue weighted by molar-refractivity contribution is 5.41. The standard InChI is InChI=1S/C9H18N6O4/c1-6(2)19-15(5-18)9-12-7(10)11-8(13-9)14(3-16)4-17/h6,16-18H,3-5H2,1-2H3,(H2,10,11,12,13). The summed E-state index contributed by atoms with van der Waals surface area (Å²) in [7, 11) is 0. The van der Waals surface area contributed by atoms with Crippen LogP contribution in [0.1, 0.15) is 13.8 Å². The summed E-state index contributed by atoms with van der Waals surface area (Å²) < 4.78 is 0. The van der Waals surface area contributed by atoms with Gasteiger partial charge in [-0.15, -0.1) is 0 Å². The van der Waals surface area contributed by atoms with Gasteiger partial charge in [0.1, 0.15) is 20.2 Å². The van der Waals surface area contributed by atoms with E-state index in [1.165, 1.54) is 0 Å². The molecule has 0 radical (unpaired) electrons. The van der Waals surface area contributed by atoms with E-state index in [0.717, 1.165) is 9.96 Å². The second-order valence-electron chi connectivity index (χ2n) is 3.79. The molecule has 10 nitrogen and oxygen atoms in total. The molecule has 0 saturated carbocycles. The van der Waals surface area contributed by atoms with Crippen LogP contribution >= 0.6 is 0 Å². The van der Waals surface area contributed by atoms with E-state index in [1.807, 2.05) is 0 Å². The van der Waals surface area contributed by atoms with Crippen molar-refractivity contribution >= 4 is 17.8 Å². The smallest absolute Gasteiger partial charge is 0.258 e. The van der Waals surface area contributed by atoms with Crippen LogP contribution in [-0.2, 0) is 4.84 Å². The van der Waals surface area contributed by atoms with Crippen LogP contribution < -0.4 is 15.7 Å². The number of nitrogen functional groups attached to an aromatic ring is 1. The first kappa shape index (κ1) is 15.3. The number of hydrogen-bond acceptors (Lipinski definition) is 10. The fraction of sp³-hybridized carbons (Fsp3) is 0.667. The van der Waals surface area contributed by atoms with Gasteiger partial charge in [-0.25, -0.2) is 0 Å². The topological polar surface area (TPSA) is 141 Å². The van der Waals surface area contributed by atoms with Gasteiger partial charge in [-0.1, -0.05) is 0 Å². The molecule has 19 heavy (non-hydrogen) atoms. The summed E-state index contributed by atoms with van der Waals surface area (Å²) in [6, 6.07) is 0. The number of anilines is 3. The van der Waals surface area contributed by atoms with Gasteiger partial charge in [-0.2, -0.15) is 20.0 Å². The Morgan fingerprint density at radius 2 is 1.63 bits per heavy atom. The van der Waals surface area contributed by atoms with Crippen LogP contribution in [-0.4, -0.2) is 56.6 Å². The van der Waals surface area contributed by atoms with Gasteiger partial charge >= 0.3 is 0 Å². The molecule has 0 aliphatic heterocycles. The van der Waals surface area contributed by atoms with E-state index in [-0.39, 0.29) is 23.9 Å². The molecule has 108 valence electrons. The highest BCUT2D eigenvalue weighted by Crippen LogP contribution is 2.15. The molecule has 0 aliphatic carbocycles. The molecule has 0 saturated heterocycles. The van der Waals surface area contributed by atoms with Crippen molar-refractivity contribution in [1.29, 1.82) is 0 Å². The number of aliphatic hydroxyl groups excluding tert-OH is 3. The van der Waals surface area contributed by atoms with E-state index in [9.17, 15) is 5.11 Å². The van der Waals surface area contributed by atoms with Crippen LogP contribution in [0.4, 0.5) is 17.8 Å². The molecule has 0 aromatic carbocycles. The van der Waals surface area contributed by atoms with Crippen LogP contribution in [0.25, 0.3) is 0 Å². The minimum Gasteiger partial charge on any atom is -0.376 e. The molecule has 1 heterocycles. The monoisotopic (exact) mass is 274 g/mol. The quantitative estimate of drug-likeness (QED) is 0.334. The average molecular weight is 274 g/mol. The Hall–Kier alpha value is -1.75. The number of rotatable bonds is 7. The number of hydroxylamine groups is 1. The zero-order chi connectivity index (χ0) is 14.4. The minimum atomic E-state index is -0.496. The Bertz CT molecular complexity index is 400. The summed E-state index contributed by atoms with van der Waals surface area (Å²) in [4.78, 5) is 17.9. The summed E-state index contributed by atoms with van der Waals surface area (Å²) >= 11 is 0. The third-order valence-corrected chi connectivity index (χ3v) is 1.94. The fourth-order valence-electron chi connectivity index (χ4n) is 1.19. The molecule has 10 heteroatoms. The lowest BCUT2D eigenvalue weighted by atomic mass is 10.5. The Labute approximate surface area is 110 Å². The van der Waals surface area contributed by atoms with Gasteiger partial charge in [0.05, 0.1) is 6.10 Å². The van der Waals surface area contributed by atoms with Gasteiger partial charge in [0.2, 0.25) is 11.9 Å². The van der Waals surface area contributed by atoms with Crippen molar-refractivity contribution in [1.82, 2.24) is 15.0 Å². The van der Waals surface area contributed by atoms with Gasteiger partial charge in [-0.05, 0) is 13.8 Å². The highest BCUT2D eigenvalue weighted by Gasteiger charge is 2.16. The van der Waals surface area contributed by atoms with Gasteiger partial charge in [0, 0.05) is 0 Å². The molecule has 0 atom stereocenters. The molecule has 1 rings (SSSR count). The first-order chi connectivity index (χ1) is 9.01. The third-order valence-electron chi connectivity index (χ3n) is 1.94. The van der Waals surface area contributed by atoms with E-state index < -0.39 is 20.2 Å². The second-order valence-corrected chi connectivity index (χ2v) is 3.79. The summed E-state index contributed by atoms with van der Waals surface area (Å²) in [5.74, 6) is -0.179. The number of hydrogen-bond donors (Lipinski definition) is 4. The number of nitrogens with zero attached hydrogens (tertiary/aromatic N) is 5. The molecule has 0 amide bonds. The lowest BCUT2D eigenvalue weighted by Crippen LogP contribution is -2.32. The number of aromatic nitrogens is 3. The first-order valence-corrected chi connectivity index (χ1v) is 5.55. The Balaban J connectivity index is 3.06. The Morgan fingerprint density at radius 1 is 1.05 bits per heavy atom. The maximum absolute atomic E-state index is 9.21. The SMILES string of the molecule is CC(C)ON(CO)c1nc(N)nc(N(CO)CO)n1. The van der Waals surface area contributed by atoms with E-state index >= 15 is 0 Å². The Kier molecular flexibility index (Phi) is 5.63. The normalized spacial score (nSPS) is 10.8. The number of nitrogens with two attached hydrogens (primary N) is 1. The highest BCUT2D eigenvalue weighted by atomic mass is 16.7. The molecule has 0 aliphatic rings. The van der Waals surface area contributed by atoms with Crippen molar-refractivity contribution in [2.75, 3.05) is 35.9 Å². The molecule has 0 bridgehead atoms. The van der Waals surface area contributed by atoms with Crippen molar-refractivity contribution in [3.8, 4) is 0 Å². The maximum atomic E-state index is 9.21. The summed E-state index contributed by atoms with van der Waals surface area (Å²) in [6.07, 6.45) is -0.208. The van der Waals surface area contributed by atoms with Gasteiger partial charge < -0.3 is 21.1 Å². The van der Waals surface area contributed by atoms with Crippen molar-refractivity contribution in [2.45, 2.75) is 20.0 Å². The third kappa shape index (κ3) is 4.13. The maximum Gasteiger partial charge on any atom is 0.258 e. The van der Waals surface area contributed by atoms with Crippen LogP contribution in [0.15, 0.2) is 0 Å². The molecular formula is C9H18N6O4. The van der Waals surface area contributed by atoms with E-state index in [4.69, 9.17) is 20.8 Å². The van der Waals surface area contributed by atoms with Crippen molar-refractivity contribution in [3.63, 3.8) is 0 Å². The molecule has 0 fully saturated rings. The van der Waals surface area contributed by atoms with Crippen LogP contribution in [0.3, 0.4) is 0 Å². The van der Waals surface area contributed by atoms with Crippen molar-refractivity contribution in [2.24, 2.45) is 0 Å². The largest absolute Gasteiger partial charge is 0.376 e. The van der Waals surface area contributed by atoms with Crippen LogP contribution in [0.2, 0.25) is 0 Å². The molecule has 0 unspecified atom stereocenters. The van der Waals surface area contributed by atoms with Crippen molar-refractivity contribution < 1.29 is 20.2 Å². The van der Waals surface area contributed by atoms with Gasteiger partial charge in [0.25, 0.3) is 5.95 Å². The Morgan fingerprint density at radius 3 is 2.11 bits per heavy atom. The van der Waals surface area contributed by atoms with E-state index in [2.05, 4.69) is 15.0 Å². The molecule has 0 spiro atoms. The summed E-state index contributed by atoms with van der Waals surface area (Å²) in [6.45, 7) is 2.05. The molecule has 1 aromatic heterocycles. The first-order valence-electron chi connectivity index (χ1n) is 5.55. The zero-order valence-electron chi connectivity index (χ0n) is 10.8. The average Bonchev–Trinajstić information content (AvgIpc) is 2.36. The van der Waals surface area contributed by atoms with Crippen LogP contribution in [0, 0.1) is 0 Å². The summed E-state index contributed by atoms with van der Waals surface area (Å²) in [5.41, 5.74) is 5.51. The molecule has 1 aromatic rings.